The fourth-order valence-corrected chi connectivity index (χ4v) is 4.64. The number of hydrogen-bond donors (Lipinski definition) is 2. The second-order valence-electron chi connectivity index (χ2n) is 4.03. The van der Waals surface area contributed by atoms with Gasteiger partial charge >= 0.3 is 0 Å². The Hall–Kier alpha value is -0.650. The Morgan fingerprint density at radius 2 is 1.94 bits per heavy atom. The number of benzene rings is 1. The van der Waals surface area contributed by atoms with Crippen molar-refractivity contribution >= 4 is 29.4 Å². The molecule has 98 valence electrons. The smallest absolute Gasteiger partial charge is 0.251 e. The molecule has 2 N–H and O–H groups in total. The predicted octanol–water partition coefficient (Wildman–Crippen LogP) is 2.28. The largest absolute Gasteiger partial charge is 0.395 e. The zero-order chi connectivity index (χ0) is 12.8. The molecule has 0 radical (unpaired) electrons. The van der Waals surface area contributed by atoms with Crippen molar-refractivity contribution in [2.24, 2.45) is 0 Å². The van der Waals surface area contributed by atoms with Gasteiger partial charge in [-0.3, -0.25) is 4.79 Å². The lowest BCUT2D eigenvalue weighted by atomic mass is 10.1. The minimum atomic E-state index is -0.125. The number of rotatable bonds is 4. The van der Waals surface area contributed by atoms with Gasteiger partial charge in [0.05, 0.1) is 11.2 Å². The van der Waals surface area contributed by atoms with Crippen LogP contribution in [0.5, 0.6) is 0 Å². The molecule has 5 heteroatoms. The van der Waals surface area contributed by atoms with Gasteiger partial charge in [0.2, 0.25) is 0 Å². The third-order valence-corrected chi connectivity index (χ3v) is 5.68. The maximum Gasteiger partial charge on any atom is 0.251 e. The van der Waals surface area contributed by atoms with Gasteiger partial charge in [-0.15, -0.1) is 23.5 Å². The van der Waals surface area contributed by atoms with Crippen molar-refractivity contribution in [3.8, 4) is 0 Å². The monoisotopic (exact) mass is 283 g/mol. The van der Waals surface area contributed by atoms with Gasteiger partial charge in [0.15, 0.2) is 0 Å². The molecule has 0 spiro atoms. The Labute approximate surface area is 116 Å². The summed E-state index contributed by atoms with van der Waals surface area (Å²) in [5.41, 5.74) is 1.93. The Bertz CT molecular complexity index is 388. The molecule has 2 rings (SSSR count). The summed E-state index contributed by atoms with van der Waals surface area (Å²) in [6.45, 7) is 0.272. The van der Waals surface area contributed by atoms with Crippen molar-refractivity contribution in [1.82, 2.24) is 5.32 Å². The average Bonchev–Trinajstić information content (AvgIpc) is 2.46. The van der Waals surface area contributed by atoms with E-state index in [0.717, 1.165) is 0 Å². The predicted molar refractivity (Wildman–Crippen MR) is 78.1 cm³/mol. The fraction of sp³-hybridized carbons (Fsp3) is 0.462. The highest BCUT2D eigenvalue weighted by Crippen LogP contribution is 2.43. The first-order valence-electron chi connectivity index (χ1n) is 6.03. The van der Waals surface area contributed by atoms with Crippen LogP contribution in [0.3, 0.4) is 0 Å². The van der Waals surface area contributed by atoms with E-state index in [1.54, 1.807) is 0 Å². The minimum Gasteiger partial charge on any atom is -0.395 e. The molecule has 0 saturated carbocycles. The van der Waals surface area contributed by atoms with Gasteiger partial charge in [0.25, 0.3) is 5.91 Å². The summed E-state index contributed by atoms with van der Waals surface area (Å²) in [6.07, 6.45) is 1.29. The Morgan fingerprint density at radius 3 is 2.56 bits per heavy atom. The number of thioether (sulfide) groups is 2. The quantitative estimate of drug-likeness (QED) is 0.890. The molecule has 0 atom stereocenters. The lowest BCUT2D eigenvalue weighted by molar-refractivity contribution is 0.0945. The number of hydrogen-bond acceptors (Lipinski definition) is 4. The van der Waals surface area contributed by atoms with E-state index in [2.05, 4.69) is 5.32 Å². The lowest BCUT2D eigenvalue weighted by Gasteiger charge is -2.21. The second-order valence-corrected chi connectivity index (χ2v) is 6.75. The summed E-state index contributed by atoms with van der Waals surface area (Å²) in [6, 6.07) is 7.78. The molecule has 1 fully saturated rings. The summed E-state index contributed by atoms with van der Waals surface area (Å²) >= 11 is 3.95. The van der Waals surface area contributed by atoms with Crippen molar-refractivity contribution in [2.75, 3.05) is 24.7 Å². The first kappa shape index (κ1) is 13.8. The Kier molecular flexibility index (Phi) is 5.41. The van der Waals surface area contributed by atoms with E-state index in [1.807, 2.05) is 47.8 Å². The normalized spacial score (nSPS) is 16.5. The van der Waals surface area contributed by atoms with Gasteiger partial charge in [-0.1, -0.05) is 12.1 Å². The molecule has 1 heterocycles. The SMILES string of the molecule is O=C(NCCO)c1ccc(C2SCCCS2)cc1. The average molecular weight is 283 g/mol. The zero-order valence-corrected chi connectivity index (χ0v) is 11.7. The summed E-state index contributed by atoms with van der Waals surface area (Å²) in [5.74, 6) is 2.31. The lowest BCUT2D eigenvalue weighted by Crippen LogP contribution is -2.26. The highest BCUT2D eigenvalue weighted by molar-refractivity contribution is 8.16. The molecule has 0 unspecified atom stereocenters. The first-order chi connectivity index (χ1) is 8.81. The van der Waals surface area contributed by atoms with Crippen molar-refractivity contribution in [1.29, 1.82) is 0 Å². The third-order valence-electron chi connectivity index (χ3n) is 2.67. The molecule has 1 aromatic carbocycles. The molecule has 1 aliphatic rings. The summed E-state index contributed by atoms with van der Waals surface area (Å²) < 4.78 is 0.508. The van der Waals surface area contributed by atoms with E-state index in [-0.39, 0.29) is 12.5 Å². The number of amides is 1. The van der Waals surface area contributed by atoms with Crippen LogP contribution in [-0.2, 0) is 0 Å². The molecular weight excluding hydrogens is 266 g/mol. The third kappa shape index (κ3) is 3.67. The Morgan fingerprint density at radius 1 is 1.28 bits per heavy atom. The van der Waals surface area contributed by atoms with E-state index in [0.29, 0.717) is 16.7 Å². The van der Waals surface area contributed by atoms with Crippen LogP contribution in [0.15, 0.2) is 24.3 Å². The van der Waals surface area contributed by atoms with Crippen LogP contribution in [0.25, 0.3) is 0 Å². The van der Waals surface area contributed by atoms with E-state index in [9.17, 15) is 4.79 Å². The van der Waals surface area contributed by atoms with Gasteiger partial charge in [0.1, 0.15) is 0 Å². The molecule has 3 nitrogen and oxygen atoms in total. The molecule has 0 bridgehead atoms. The van der Waals surface area contributed by atoms with Crippen molar-refractivity contribution < 1.29 is 9.90 Å². The number of carbonyl (C=O) groups is 1. The van der Waals surface area contributed by atoms with E-state index >= 15 is 0 Å². The highest BCUT2D eigenvalue weighted by Gasteiger charge is 2.16. The standard InChI is InChI=1S/C13H17NO2S2/c15-7-6-14-12(16)10-2-4-11(5-3-10)13-17-8-1-9-18-13/h2-5,13,15H,1,6-9H2,(H,14,16). The van der Waals surface area contributed by atoms with Crippen LogP contribution in [0.4, 0.5) is 0 Å². The molecule has 0 aliphatic carbocycles. The second kappa shape index (κ2) is 7.07. The van der Waals surface area contributed by atoms with Gasteiger partial charge in [-0.2, -0.15) is 0 Å². The van der Waals surface area contributed by atoms with Gasteiger partial charge in [0, 0.05) is 12.1 Å². The van der Waals surface area contributed by atoms with Crippen LogP contribution in [0.2, 0.25) is 0 Å². The number of aliphatic hydroxyl groups excluding tert-OH is 1. The van der Waals surface area contributed by atoms with E-state index in [1.165, 1.54) is 23.5 Å². The van der Waals surface area contributed by atoms with Crippen LogP contribution >= 0.6 is 23.5 Å². The topological polar surface area (TPSA) is 49.3 Å². The summed E-state index contributed by atoms with van der Waals surface area (Å²) in [7, 11) is 0. The molecule has 1 aromatic rings. The highest BCUT2D eigenvalue weighted by atomic mass is 32.2. The van der Waals surface area contributed by atoms with Crippen molar-refractivity contribution in [3.63, 3.8) is 0 Å². The molecule has 1 amide bonds. The van der Waals surface area contributed by atoms with E-state index in [4.69, 9.17) is 5.11 Å². The van der Waals surface area contributed by atoms with Gasteiger partial charge in [-0.05, 0) is 35.6 Å². The van der Waals surface area contributed by atoms with Crippen LogP contribution in [-0.4, -0.2) is 35.7 Å². The molecule has 18 heavy (non-hydrogen) atoms. The first-order valence-corrected chi connectivity index (χ1v) is 8.13. The molecule has 1 aliphatic heterocycles. The fourth-order valence-electron chi connectivity index (χ4n) is 1.74. The van der Waals surface area contributed by atoms with Gasteiger partial charge in [-0.25, -0.2) is 0 Å². The van der Waals surface area contributed by atoms with Crippen molar-refractivity contribution in [3.05, 3.63) is 35.4 Å². The van der Waals surface area contributed by atoms with Crippen LogP contribution in [0, 0.1) is 0 Å². The van der Waals surface area contributed by atoms with E-state index < -0.39 is 0 Å². The molecule has 0 aromatic heterocycles. The molecular formula is C13H17NO2S2. The maximum atomic E-state index is 11.7. The van der Waals surface area contributed by atoms with Crippen LogP contribution in [0.1, 0.15) is 26.9 Å². The molecule has 1 saturated heterocycles. The Balaban J connectivity index is 1.98. The maximum absolute atomic E-state index is 11.7. The number of aliphatic hydroxyl groups is 1. The zero-order valence-electron chi connectivity index (χ0n) is 10.1. The number of nitrogens with one attached hydrogen (secondary N) is 1. The number of carbonyl (C=O) groups excluding carboxylic acids is 1. The van der Waals surface area contributed by atoms with Crippen molar-refractivity contribution in [2.45, 2.75) is 11.0 Å². The van der Waals surface area contributed by atoms with Crippen LogP contribution < -0.4 is 5.32 Å². The minimum absolute atomic E-state index is 0.0286. The summed E-state index contributed by atoms with van der Waals surface area (Å²) in [4.78, 5) is 11.7. The summed E-state index contributed by atoms with van der Waals surface area (Å²) in [5, 5.41) is 11.3. The van der Waals surface area contributed by atoms with Gasteiger partial charge < -0.3 is 10.4 Å².